The molecule has 112 valence electrons. The summed E-state index contributed by atoms with van der Waals surface area (Å²) in [7, 11) is 0. The predicted molar refractivity (Wildman–Crippen MR) is 81.6 cm³/mol. The molecule has 0 aliphatic carbocycles. The van der Waals surface area contributed by atoms with Crippen molar-refractivity contribution in [1.29, 1.82) is 5.26 Å². The maximum absolute atomic E-state index is 9.00. The number of nitrogens with zero attached hydrogens (tertiary/aromatic N) is 4. The summed E-state index contributed by atoms with van der Waals surface area (Å²) in [5.74, 6) is 1.20. The molecule has 0 spiro atoms. The minimum Gasteiger partial charge on any atom is -0.384 e. The fraction of sp³-hybridized carbons (Fsp3) is 0.312. The molecule has 2 heterocycles. The lowest BCUT2D eigenvalue weighted by molar-refractivity contribution is -0.0336. The number of hydrogen-bond donors (Lipinski definition) is 1. The maximum Gasteiger partial charge on any atom is 0.144 e. The van der Waals surface area contributed by atoms with Crippen molar-refractivity contribution < 1.29 is 4.74 Å². The lowest BCUT2D eigenvalue weighted by Crippen LogP contribution is -2.38. The Balaban J connectivity index is 1.70. The zero-order valence-electron chi connectivity index (χ0n) is 12.1. The fourth-order valence-corrected chi connectivity index (χ4v) is 2.55. The van der Waals surface area contributed by atoms with Gasteiger partial charge in [-0.1, -0.05) is 12.1 Å². The van der Waals surface area contributed by atoms with Gasteiger partial charge in [-0.25, -0.2) is 9.97 Å². The molecular formula is C16H17N5O. The topological polar surface area (TPSA) is 88.1 Å². The minimum absolute atomic E-state index is 0.0388. The highest BCUT2D eigenvalue weighted by molar-refractivity contribution is 5.34. The van der Waals surface area contributed by atoms with Crippen LogP contribution in [0.25, 0.3) is 0 Å². The average Bonchev–Trinajstić information content (AvgIpc) is 2.55. The molecule has 1 fully saturated rings. The van der Waals surface area contributed by atoms with Crippen molar-refractivity contribution in [3.05, 3.63) is 53.5 Å². The Hall–Kier alpha value is -2.49. The van der Waals surface area contributed by atoms with Gasteiger partial charge in [0.05, 0.1) is 30.9 Å². The molecule has 1 atom stereocenters. The average molecular weight is 295 g/mol. The van der Waals surface area contributed by atoms with E-state index < -0.39 is 0 Å². The number of rotatable bonds is 3. The second-order valence-electron chi connectivity index (χ2n) is 5.23. The number of ether oxygens (including phenoxy) is 1. The van der Waals surface area contributed by atoms with Crippen LogP contribution in [0.2, 0.25) is 0 Å². The van der Waals surface area contributed by atoms with Crippen LogP contribution in [0, 0.1) is 11.3 Å². The number of nitrogen functional groups attached to an aromatic ring is 1. The zero-order valence-corrected chi connectivity index (χ0v) is 12.1. The van der Waals surface area contributed by atoms with Crippen molar-refractivity contribution in [2.45, 2.75) is 12.6 Å². The minimum atomic E-state index is -0.0388. The molecule has 0 bridgehead atoms. The Labute approximate surface area is 129 Å². The summed E-state index contributed by atoms with van der Waals surface area (Å²) in [6.07, 6.45) is 1.63. The summed E-state index contributed by atoms with van der Waals surface area (Å²) in [6.45, 7) is 2.85. The molecule has 1 saturated heterocycles. The molecule has 1 aliphatic rings. The first-order valence-corrected chi connectivity index (χ1v) is 7.16. The summed E-state index contributed by atoms with van der Waals surface area (Å²) in [5, 5.41) is 9.00. The van der Waals surface area contributed by atoms with Gasteiger partial charge >= 0.3 is 0 Å². The Morgan fingerprint density at radius 3 is 3.14 bits per heavy atom. The zero-order chi connectivity index (χ0) is 15.4. The summed E-state index contributed by atoms with van der Waals surface area (Å²) < 4.78 is 5.84. The van der Waals surface area contributed by atoms with Crippen LogP contribution in [-0.2, 0) is 11.3 Å². The van der Waals surface area contributed by atoms with Gasteiger partial charge in [-0.05, 0) is 23.8 Å². The van der Waals surface area contributed by atoms with Crippen molar-refractivity contribution >= 4 is 5.82 Å². The monoisotopic (exact) mass is 295 g/mol. The molecule has 1 unspecified atom stereocenters. The Bertz CT molecular complexity index is 697. The summed E-state index contributed by atoms with van der Waals surface area (Å²) in [4.78, 5) is 10.7. The summed E-state index contributed by atoms with van der Waals surface area (Å²) in [6, 6.07) is 11.4. The normalized spacial score (nSPS) is 18.8. The van der Waals surface area contributed by atoms with Crippen molar-refractivity contribution in [1.82, 2.24) is 14.9 Å². The van der Waals surface area contributed by atoms with E-state index in [2.05, 4.69) is 20.9 Å². The summed E-state index contributed by atoms with van der Waals surface area (Å²) >= 11 is 0. The molecule has 6 heteroatoms. The second-order valence-corrected chi connectivity index (χ2v) is 5.23. The van der Waals surface area contributed by atoms with Crippen molar-refractivity contribution in [2.24, 2.45) is 0 Å². The number of hydrogen-bond acceptors (Lipinski definition) is 6. The fourth-order valence-electron chi connectivity index (χ4n) is 2.55. The molecule has 2 N–H and O–H groups in total. The quantitative estimate of drug-likeness (QED) is 0.923. The smallest absolute Gasteiger partial charge is 0.144 e. The lowest BCUT2D eigenvalue weighted by Gasteiger charge is -2.32. The molecule has 6 nitrogen and oxygen atoms in total. The number of benzene rings is 1. The number of aromatic nitrogens is 2. The van der Waals surface area contributed by atoms with Crippen LogP contribution < -0.4 is 5.73 Å². The number of nitrogens with two attached hydrogens (primary N) is 1. The van der Waals surface area contributed by atoms with Crippen LogP contribution >= 0.6 is 0 Å². The molecular weight excluding hydrogens is 278 g/mol. The standard InChI is InChI=1S/C16H17N5O/c17-9-12-2-1-3-13(8-12)14-10-21(6-7-22-14)11-16-19-5-4-15(18)20-16/h1-5,8,14H,6-7,10-11H2,(H2,18,19,20). The molecule has 0 amide bonds. The van der Waals surface area contributed by atoms with E-state index in [9.17, 15) is 0 Å². The van der Waals surface area contributed by atoms with E-state index in [1.165, 1.54) is 0 Å². The first kappa shape index (κ1) is 14.4. The van der Waals surface area contributed by atoms with E-state index in [0.29, 0.717) is 30.4 Å². The maximum atomic E-state index is 9.00. The highest BCUT2D eigenvalue weighted by Gasteiger charge is 2.22. The van der Waals surface area contributed by atoms with E-state index in [-0.39, 0.29) is 6.10 Å². The van der Waals surface area contributed by atoms with Gasteiger partial charge < -0.3 is 10.5 Å². The van der Waals surface area contributed by atoms with E-state index in [1.54, 1.807) is 18.3 Å². The van der Waals surface area contributed by atoms with Crippen LogP contribution in [0.4, 0.5) is 5.82 Å². The third-order valence-electron chi connectivity index (χ3n) is 3.63. The van der Waals surface area contributed by atoms with Gasteiger partial charge in [0.1, 0.15) is 11.6 Å². The predicted octanol–water partition coefficient (Wildman–Crippen LogP) is 1.50. The van der Waals surface area contributed by atoms with E-state index in [4.69, 9.17) is 15.7 Å². The number of nitriles is 1. The van der Waals surface area contributed by atoms with Gasteiger partial charge in [0.15, 0.2) is 0 Å². The van der Waals surface area contributed by atoms with Crippen molar-refractivity contribution in [2.75, 3.05) is 25.4 Å². The molecule has 0 radical (unpaired) electrons. The van der Waals surface area contributed by atoms with Gasteiger partial charge in [0, 0.05) is 19.3 Å². The molecule has 22 heavy (non-hydrogen) atoms. The Kier molecular flexibility index (Phi) is 4.28. The third-order valence-corrected chi connectivity index (χ3v) is 3.63. The highest BCUT2D eigenvalue weighted by Crippen LogP contribution is 2.23. The molecule has 3 rings (SSSR count). The first-order chi connectivity index (χ1) is 10.7. The van der Waals surface area contributed by atoms with Crippen LogP contribution in [-0.4, -0.2) is 34.6 Å². The van der Waals surface area contributed by atoms with Crippen LogP contribution in [0.5, 0.6) is 0 Å². The number of morpholine rings is 1. The summed E-state index contributed by atoms with van der Waals surface area (Å²) in [5.41, 5.74) is 7.36. The van der Waals surface area contributed by atoms with Gasteiger partial charge in [-0.2, -0.15) is 5.26 Å². The lowest BCUT2D eigenvalue weighted by atomic mass is 10.0. The molecule has 1 aromatic heterocycles. The molecule has 2 aromatic rings. The Morgan fingerprint density at radius 2 is 2.32 bits per heavy atom. The van der Waals surface area contributed by atoms with Gasteiger partial charge in [-0.15, -0.1) is 0 Å². The molecule has 0 saturated carbocycles. The van der Waals surface area contributed by atoms with Crippen molar-refractivity contribution in [3.8, 4) is 6.07 Å². The molecule has 1 aliphatic heterocycles. The second kappa shape index (κ2) is 6.52. The van der Waals surface area contributed by atoms with Crippen molar-refractivity contribution in [3.63, 3.8) is 0 Å². The number of anilines is 1. The van der Waals surface area contributed by atoms with E-state index in [1.807, 2.05) is 18.2 Å². The Morgan fingerprint density at radius 1 is 1.41 bits per heavy atom. The SMILES string of the molecule is N#Cc1cccc(C2CN(Cc3nccc(N)n3)CCO2)c1. The van der Waals surface area contributed by atoms with Crippen LogP contribution in [0.1, 0.15) is 23.1 Å². The van der Waals surface area contributed by atoms with Gasteiger partial charge in [0.25, 0.3) is 0 Å². The first-order valence-electron chi connectivity index (χ1n) is 7.16. The highest BCUT2D eigenvalue weighted by atomic mass is 16.5. The van der Waals surface area contributed by atoms with Crippen LogP contribution in [0.3, 0.4) is 0 Å². The largest absolute Gasteiger partial charge is 0.384 e. The molecule has 1 aromatic carbocycles. The third kappa shape index (κ3) is 3.39. The van der Waals surface area contributed by atoms with Crippen LogP contribution in [0.15, 0.2) is 36.5 Å². The van der Waals surface area contributed by atoms with E-state index in [0.717, 1.165) is 18.7 Å². The van der Waals surface area contributed by atoms with E-state index >= 15 is 0 Å². The van der Waals surface area contributed by atoms with Gasteiger partial charge in [-0.3, -0.25) is 4.90 Å². The van der Waals surface area contributed by atoms with Gasteiger partial charge in [0.2, 0.25) is 0 Å².